The van der Waals surface area contributed by atoms with Gasteiger partial charge in [-0.15, -0.1) is 0 Å². The lowest BCUT2D eigenvalue weighted by molar-refractivity contribution is -0.146. The second-order valence-electron chi connectivity index (χ2n) is 5.33. The van der Waals surface area contributed by atoms with Crippen LogP contribution in [0.25, 0.3) is 0 Å². The van der Waals surface area contributed by atoms with Crippen LogP contribution in [0.4, 0.5) is 0 Å². The highest BCUT2D eigenvalue weighted by Gasteiger charge is 2.35. The van der Waals surface area contributed by atoms with Crippen LogP contribution in [0.1, 0.15) is 12.6 Å². The van der Waals surface area contributed by atoms with Gasteiger partial charge in [-0.25, -0.2) is 13.8 Å². The molecule has 0 bridgehead atoms. The molecule has 0 amide bonds. The number of carbonyl (C=O) groups is 1. The lowest BCUT2D eigenvalue weighted by Crippen LogP contribution is -2.40. The summed E-state index contributed by atoms with van der Waals surface area (Å²) in [4.78, 5) is 15.7. The van der Waals surface area contributed by atoms with Gasteiger partial charge in [-0.2, -0.15) is 12.7 Å². The highest BCUT2D eigenvalue weighted by atomic mass is 32.2. The van der Waals surface area contributed by atoms with Crippen molar-refractivity contribution in [2.24, 2.45) is 0 Å². The number of carboxylic acids is 1. The van der Waals surface area contributed by atoms with Crippen molar-refractivity contribution in [2.45, 2.75) is 18.9 Å². The van der Waals surface area contributed by atoms with Crippen LogP contribution in [0.5, 0.6) is 0 Å². The third-order valence-corrected chi connectivity index (χ3v) is 5.16. The molecule has 0 unspecified atom stereocenters. The van der Waals surface area contributed by atoms with E-state index in [0.29, 0.717) is 5.69 Å². The zero-order valence-electron chi connectivity index (χ0n) is 12.5. The van der Waals surface area contributed by atoms with Crippen molar-refractivity contribution in [3.8, 4) is 0 Å². The second-order valence-corrected chi connectivity index (χ2v) is 7.38. The van der Waals surface area contributed by atoms with Crippen molar-refractivity contribution in [2.75, 3.05) is 14.1 Å². The zero-order valence-corrected chi connectivity index (χ0v) is 13.4. The summed E-state index contributed by atoms with van der Waals surface area (Å²) in [6.45, 7) is 1.56. The fraction of sp³-hybridized carbons (Fsp3) is 0.385. The van der Waals surface area contributed by atoms with Gasteiger partial charge in [-0.1, -0.05) is 0 Å². The Kier molecular flexibility index (Phi) is 4.12. The molecule has 0 aliphatic carbocycles. The molecule has 0 aliphatic rings. The van der Waals surface area contributed by atoms with Crippen LogP contribution in [0.3, 0.4) is 0 Å². The molecule has 8 nitrogen and oxygen atoms in total. The number of aliphatic carboxylic acids is 1. The molecule has 9 heteroatoms. The predicted molar refractivity (Wildman–Crippen MR) is 79.7 cm³/mol. The van der Waals surface area contributed by atoms with E-state index in [9.17, 15) is 18.3 Å². The van der Waals surface area contributed by atoms with Crippen molar-refractivity contribution in [1.29, 1.82) is 0 Å². The monoisotopic (exact) mass is 326 g/mol. The number of imidazole rings is 1. The van der Waals surface area contributed by atoms with Crippen molar-refractivity contribution in [3.05, 3.63) is 42.7 Å². The second kappa shape index (κ2) is 5.58. The van der Waals surface area contributed by atoms with E-state index in [1.54, 1.807) is 36.0 Å². The van der Waals surface area contributed by atoms with Crippen LogP contribution >= 0.6 is 0 Å². The maximum Gasteiger partial charge on any atom is 0.329 e. The van der Waals surface area contributed by atoms with Gasteiger partial charge in [-0.3, -0.25) is 0 Å². The lowest BCUT2D eigenvalue weighted by Gasteiger charge is -2.26. The molecule has 0 radical (unpaired) electrons. The van der Waals surface area contributed by atoms with E-state index in [1.807, 2.05) is 0 Å². The van der Waals surface area contributed by atoms with Gasteiger partial charge in [-0.05, 0) is 19.1 Å². The number of aromatic nitrogens is 3. The Hall–Kier alpha value is -2.13. The Morgan fingerprint density at radius 2 is 1.95 bits per heavy atom. The Morgan fingerprint density at radius 3 is 2.45 bits per heavy atom. The first-order chi connectivity index (χ1) is 10.2. The molecule has 2 aromatic rings. The molecule has 1 N–H and O–H groups in total. The summed E-state index contributed by atoms with van der Waals surface area (Å²) < 4.78 is 27.6. The van der Waals surface area contributed by atoms with Crippen molar-refractivity contribution < 1.29 is 18.3 Å². The average molecular weight is 326 g/mol. The fourth-order valence-electron chi connectivity index (χ4n) is 2.04. The standard InChI is InChI=1S/C13H18N4O4S/c1-13(12(18)19,16-6-4-5-7-16)8-11-9-17(10-14-11)22(20,21)15(2)3/h4-7,9-10H,8H2,1-3H3,(H,18,19)/t13-/m0/s1. The predicted octanol–water partition coefficient (Wildman–Crippen LogP) is 0.382. The van der Waals surface area contributed by atoms with E-state index >= 15 is 0 Å². The summed E-state index contributed by atoms with van der Waals surface area (Å²) in [5.74, 6) is -1.02. The molecule has 120 valence electrons. The highest BCUT2D eigenvalue weighted by Crippen LogP contribution is 2.22. The number of carboxylic acid groups (broad SMARTS) is 1. The Bertz CT molecular complexity index is 764. The largest absolute Gasteiger partial charge is 0.479 e. The third-order valence-electron chi connectivity index (χ3n) is 3.50. The normalized spacial score (nSPS) is 14.9. The van der Waals surface area contributed by atoms with E-state index in [0.717, 1.165) is 8.28 Å². The first kappa shape index (κ1) is 16.2. The molecular formula is C13H18N4O4S. The Morgan fingerprint density at radius 1 is 1.36 bits per heavy atom. The van der Waals surface area contributed by atoms with Crippen LogP contribution < -0.4 is 0 Å². The van der Waals surface area contributed by atoms with Crippen molar-refractivity contribution in [3.63, 3.8) is 0 Å². The van der Waals surface area contributed by atoms with Crippen molar-refractivity contribution >= 4 is 16.2 Å². The summed E-state index contributed by atoms with van der Waals surface area (Å²) >= 11 is 0. The molecular weight excluding hydrogens is 308 g/mol. The molecule has 22 heavy (non-hydrogen) atoms. The molecule has 0 spiro atoms. The van der Waals surface area contributed by atoms with Gasteiger partial charge >= 0.3 is 16.2 Å². The van der Waals surface area contributed by atoms with E-state index < -0.39 is 21.7 Å². The first-order valence-electron chi connectivity index (χ1n) is 6.50. The topological polar surface area (TPSA) is 97.4 Å². The van der Waals surface area contributed by atoms with Crippen LogP contribution in [-0.4, -0.2) is 51.4 Å². The summed E-state index contributed by atoms with van der Waals surface area (Å²) in [7, 11) is -0.827. The van der Waals surface area contributed by atoms with Crippen molar-refractivity contribution in [1.82, 2.24) is 17.8 Å². The molecule has 2 rings (SSSR count). The SMILES string of the molecule is CN(C)S(=O)(=O)n1cnc(C[C@@](C)(C(=O)O)n2cccc2)c1. The molecule has 0 aliphatic heterocycles. The van der Waals surface area contributed by atoms with Gasteiger partial charge in [0.25, 0.3) is 0 Å². The maximum absolute atomic E-state index is 12.0. The Balaban J connectivity index is 2.34. The smallest absolute Gasteiger partial charge is 0.329 e. The molecule has 1 atom stereocenters. The number of hydrogen-bond acceptors (Lipinski definition) is 4. The molecule has 0 saturated heterocycles. The van der Waals surface area contributed by atoms with E-state index in [-0.39, 0.29) is 6.42 Å². The number of nitrogens with zero attached hydrogens (tertiary/aromatic N) is 4. The number of hydrogen-bond donors (Lipinski definition) is 1. The third kappa shape index (κ3) is 2.77. The molecule has 0 aromatic carbocycles. The fourth-order valence-corrected chi connectivity index (χ4v) is 2.84. The average Bonchev–Trinajstić information content (AvgIpc) is 3.09. The summed E-state index contributed by atoms with van der Waals surface area (Å²) in [5, 5.41) is 9.54. The van der Waals surface area contributed by atoms with Gasteiger partial charge in [0, 0.05) is 39.1 Å². The minimum Gasteiger partial charge on any atom is -0.479 e. The van der Waals surface area contributed by atoms with E-state index in [4.69, 9.17) is 0 Å². The highest BCUT2D eigenvalue weighted by molar-refractivity contribution is 7.87. The summed E-state index contributed by atoms with van der Waals surface area (Å²) in [6.07, 6.45) is 5.87. The molecule has 0 fully saturated rings. The number of rotatable bonds is 6. The van der Waals surface area contributed by atoms with Crippen LogP contribution in [0.2, 0.25) is 0 Å². The molecule has 2 heterocycles. The first-order valence-corrected chi connectivity index (χ1v) is 7.90. The van der Waals surface area contributed by atoms with Gasteiger partial charge < -0.3 is 9.67 Å². The van der Waals surface area contributed by atoms with Crippen LogP contribution in [-0.2, 0) is 27.0 Å². The van der Waals surface area contributed by atoms with Gasteiger partial charge in [0.15, 0.2) is 0 Å². The van der Waals surface area contributed by atoms with Gasteiger partial charge in [0.1, 0.15) is 11.9 Å². The van der Waals surface area contributed by atoms with Gasteiger partial charge in [0.2, 0.25) is 0 Å². The lowest BCUT2D eigenvalue weighted by atomic mass is 9.96. The zero-order chi connectivity index (χ0) is 16.5. The maximum atomic E-state index is 12.0. The van der Waals surface area contributed by atoms with E-state index in [1.165, 1.54) is 26.6 Å². The minimum atomic E-state index is -3.65. The van der Waals surface area contributed by atoms with Gasteiger partial charge in [0.05, 0.1) is 5.69 Å². The summed E-state index contributed by atoms with van der Waals surface area (Å²) in [6, 6.07) is 3.46. The van der Waals surface area contributed by atoms with E-state index in [2.05, 4.69) is 4.98 Å². The van der Waals surface area contributed by atoms with Crippen LogP contribution in [0.15, 0.2) is 37.1 Å². The quantitative estimate of drug-likeness (QED) is 0.828. The summed E-state index contributed by atoms with van der Waals surface area (Å²) in [5.41, 5.74) is -0.867. The Labute approximate surface area is 128 Å². The van der Waals surface area contributed by atoms with Crippen LogP contribution in [0, 0.1) is 0 Å². The molecule has 2 aromatic heterocycles. The molecule has 0 saturated carbocycles. The minimum absolute atomic E-state index is 0.0625.